The zero-order valence-electron chi connectivity index (χ0n) is 13.5. The van der Waals surface area contributed by atoms with Crippen LogP contribution in [0.15, 0.2) is 18.2 Å². The van der Waals surface area contributed by atoms with Gasteiger partial charge < -0.3 is 15.4 Å². The molecule has 0 radical (unpaired) electrons. The Hall–Kier alpha value is -1.44. The molecule has 1 saturated heterocycles. The second-order valence-electron chi connectivity index (χ2n) is 5.47. The van der Waals surface area contributed by atoms with Gasteiger partial charge in [-0.1, -0.05) is 0 Å². The van der Waals surface area contributed by atoms with Crippen LogP contribution in [-0.4, -0.2) is 56.7 Å². The quantitative estimate of drug-likeness (QED) is 0.688. The molecule has 1 amide bonds. The van der Waals surface area contributed by atoms with E-state index in [4.69, 9.17) is 4.74 Å². The summed E-state index contributed by atoms with van der Waals surface area (Å²) in [5.74, 6) is -1.40. The highest BCUT2D eigenvalue weighted by atomic mass is 35.5. The van der Waals surface area contributed by atoms with Gasteiger partial charge in [0.1, 0.15) is 5.82 Å². The molecule has 2 rings (SSSR count). The average Bonchev–Trinajstić information content (AvgIpc) is 2.54. The van der Waals surface area contributed by atoms with E-state index >= 15 is 0 Å². The fraction of sp³-hybridized carbons (Fsp3) is 0.562. The largest absolute Gasteiger partial charge is 0.491 e. The summed E-state index contributed by atoms with van der Waals surface area (Å²) in [5.41, 5.74) is 0. The number of benzene rings is 1. The van der Waals surface area contributed by atoms with Crippen LogP contribution in [0.5, 0.6) is 5.75 Å². The summed E-state index contributed by atoms with van der Waals surface area (Å²) in [6.45, 7) is 5.70. The molecule has 1 heterocycles. The lowest BCUT2D eigenvalue weighted by atomic mass is 10.3. The molecule has 1 aliphatic rings. The van der Waals surface area contributed by atoms with Crippen molar-refractivity contribution in [3.8, 4) is 5.75 Å². The summed E-state index contributed by atoms with van der Waals surface area (Å²) in [4.78, 5) is 14.0. The Bertz CT molecular complexity index is 514. The number of carbonyl (C=O) groups is 1. The number of piperazine rings is 1. The van der Waals surface area contributed by atoms with Gasteiger partial charge in [0, 0.05) is 51.8 Å². The van der Waals surface area contributed by atoms with Gasteiger partial charge >= 0.3 is 0 Å². The van der Waals surface area contributed by atoms with Crippen molar-refractivity contribution in [2.24, 2.45) is 0 Å². The van der Waals surface area contributed by atoms with E-state index in [0.29, 0.717) is 19.4 Å². The lowest BCUT2D eigenvalue weighted by Gasteiger charge is -2.27. The number of halogens is 3. The molecule has 0 spiro atoms. The number of hydrogen-bond donors (Lipinski definition) is 2. The van der Waals surface area contributed by atoms with E-state index in [0.717, 1.165) is 44.9 Å². The van der Waals surface area contributed by atoms with Crippen molar-refractivity contribution < 1.29 is 18.3 Å². The van der Waals surface area contributed by atoms with E-state index in [1.54, 1.807) is 0 Å². The van der Waals surface area contributed by atoms with Crippen molar-refractivity contribution in [1.82, 2.24) is 15.5 Å². The molecule has 1 fully saturated rings. The minimum absolute atomic E-state index is 0. The standard InChI is InChI=1S/C16H23F2N3O2.ClH/c17-13-3-4-15(14(18)12-13)23-11-1-2-16(22)20-7-10-21-8-5-19-6-9-21;/h3-4,12,19H,1-2,5-11H2,(H,20,22);1H. The second kappa shape index (κ2) is 11.2. The first-order valence-corrected chi connectivity index (χ1v) is 7.93. The van der Waals surface area contributed by atoms with Crippen LogP contribution in [0.4, 0.5) is 8.78 Å². The van der Waals surface area contributed by atoms with Crippen LogP contribution in [-0.2, 0) is 4.79 Å². The third kappa shape index (κ3) is 7.42. The Morgan fingerprint density at radius 1 is 1.29 bits per heavy atom. The van der Waals surface area contributed by atoms with Crippen molar-refractivity contribution in [2.75, 3.05) is 45.9 Å². The molecule has 8 heteroatoms. The number of ether oxygens (including phenoxy) is 1. The summed E-state index contributed by atoms with van der Waals surface area (Å²) in [6.07, 6.45) is 0.806. The smallest absolute Gasteiger partial charge is 0.220 e. The van der Waals surface area contributed by atoms with E-state index in [9.17, 15) is 13.6 Å². The Balaban J connectivity index is 0.00000288. The molecule has 2 N–H and O–H groups in total. The number of amides is 1. The summed E-state index contributed by atoms with van der Waals surface area (Å²) in [6, 6.07) is 3.16. The molecule has 24 heavy (non-hydrogen) atoms. The number of carbonyl (C=O) groups excluding carboxylic acids is 1. The maximum Gasteiger partial charge on any atom is 0.220 e. The summed E-state index contributed by atoms with van der Waals surface area (Å²) >= 11 is 0. The van der Waals surface area contributed by atoms with Crippen LogP contribution in [0, 0.1) is 11.6 Å². The van der Waals surface area contributed by atoms with Crippen molar-refractivity contribution in [1.29, 1.82) is 0 Å². The van der Waals surface area contributed by atoms with Crippen LogP contribution < -0.4 is 15.4 Å². The lowest BCUT2D eigenvalue weighted by molar-refractivity contribution is -0.121. The van der Waals surface area contributed by atoms with Gasteiger partial charge in [-0.05, 0) is 18.6 Å². The fourth-order valence-corrected chi connectivity index (χ4v) is 2.38. The minimum Gasteiger partial charge on any atom is -0.491 e. The maximum atomic E-state index is 13.3. The monoisotopic (exact) mass is 363 g/mol. The molecule has 0 aromatic heterocycles. The normalized spacial score (nSPS) is 14.8. The van der Waals surface area contributed by atoms with Crippen LogP contribution in [0.3, 0.4) is 0 Å². The van der Waals surface area contributed by atoms with E-state index < -0.39 is 11.6 Å². The molecule has 1 aromatic rings. The van der Waals surface area contributed by atoms with Gasteiger partial charge in [0.25, 0.3) is 0 Å². The molecule has 0 bridgehead atoms. The fourth-order valence-electron chi connectivity index (χ4n) is 2.38. The highest BCUT2D eigenvalue weighted by Gasteiger charge is 2.09. The van der Waals surface area contributed by atoms with Crippen molar-refractivity contribution >= 4 is 18.3 Å². The Morgan fingerprint density at radius 3 is 2.75 bits per heavy atom. The first-order chi connectivity index (χ1) is 11.1. The molecule has 1 aromatic carbocycles. The van der Waals surface area contributed by atoms with Crippen LogP contribution in [0.2, 0.25) is 0 Å². The van der Waals surface area contributed by atoms with Crippen LogP contribution >= 0.6 is 12.4 Å². The summed E-state index contributed by atoms with van der Waals surface area (Å²) in [5, 5.41) is 6.15. The molecule has 0 unspecified atom stereocenters. The van der Waals surface area contributed by atoms with Gasteiger partial charge in [-0.25, -0.2) is 8.78 Å². The first-order valence-electron chi connectivity index (χ1n) is 7.93. The van der Waals surface area contributed by atoms with Crippen LogP contribution in [0.25, 0.3) is 0 Å². The van der Waals surface area contributed by atoms with E-state index in [1.807, 2.05) is 0 Å². The Labute approximate surface area is 147 Å². The maximum absolute atomic E-state index is 13.3. The number of hydrogen-bond acceptors (Lipinski definition) is 4. The number of nitrogens with zero attached hydrogens (tertiary/aromatic N) is 1. The zero-order valence-corrected chi connectivity index (χ0v) is 14.3. The second-order valence-corrected chi connectivity index (χ2v) is 5.47. The van der Waals surface area contributed by atoms with E-state index in [2.05, 4.69) is 15.5 Å². The van der Waals surface area contributed by atoms with E-state index in [1.165, 1.54) is 6.07 Å². The minimum atomic E-state index is -0.731. The SMILES string of the molecule is Cl.O=C(CCCOc1ccc(F)cc1F)NCCN1CCNCC1. The van der Waals surface area contributed by atoms with Gasteiger partial charge in [0.15, 0.2) is 11.6 Å². The van der Waals surface area contributed by atoms with Crippen LogP contribution in [0.1, 0.15) is 12.8 Å². The Morgan fingerprint density at radius 2 is 2.04 bits per heavy atom. The highest BCUT2D eigenvalue weighted by molar-refractivity contribution is 5.85. The summed E-state index contributed by atoms with van der Waals surface area (Å²) < 4.78 is 31.3. The average molecular weight is 364 g/mol. The van der Waals surface area contributed by atoms with E-state index in [-0.39, 0.29) is 30.7 Å². The molecule has 1 aliphatic heterocycles. The molecule has 0 aliphatic carbocycles. The Kier molecular flexibility index (Phi) is 9.59. The highest BCUT2D eigenvalue weighted by Crippen LogP contribution is 2.17. The molecular weight excluding hydrogens is 340 g/mol. The van der Waals surface area contributed by atoms with Crippen molar-refractivity contribution in [2.45, 2.75) is 12.8 Å². The predicted octanol–water partition coefficient (Wildman–Crippen LogP) is 1.57. The number of nitrogens with one attached hydrogen (secondary N) is 2. The predicted molar refractivity (Wildman–Crippen MR) is 90.7 cm³/mol. The van der Waals surface area contributed by atoms with Crippen molar-refractivity contribution in [3.63, 3.8) is 0 Å². The molecule has 136 valence electrons. The van der Waals surface area contributed by atoms with Gasteiger partial charge in [0.05, 0.1) is 6.61 Å². The zero-order chi connectivity index (χ0) is 16.5. The topological polar surface area (TPSA) is 53.6 Å². The molecule has 0 saturated carbocycles. The van der Waals surface area contributed by atoms with Gasteiger partial charge in [-0.15, -0.1) is 12.4 Å². The lowest BCUT2D eigenvalue weighted by Crippen LogP contribution is -2.46. The molecule has 5 nitrogen and oxygen atoms in total. The van der Waals surface area contributed by atoms with Gasteiger partial charge in [0.2, 0.25) is 5.91 Å². The molecule has 0 atom stereocenters. The molecular formula is C16H24ClF2N3O2. The number of rotatable bonds is 8. The summed E-state index contributed by atoms with van der Waals surface area (Å²) in [7, 11) is 0. The third-order valence-electron chi connectivity index (χ3n) is 3.66. The van der Waals surface area contributed by atoms with Crippen molar-refractivity contribution in [3.05, 3.63) is 29.8 Å². The van der Waals surface area contributed by atoms with Gasteiger partial charge in [-0.2, -0.15) is 0 Å². The van der Waals surface area contributed by atoms with Gasteiger partial charge in [-0.3, -0.25) is 9.69 Å². The third-order valence-corrected chi connectivity index (χ3v) is 3.66. The first kappa shape index (κ1) is 20.6.